The van der Waals surface area contributed by atoms with Gasteiger partial charge >= 0.3 is 0 Å². The number of rotatable bonds is 8. The van der Waals surface area contributed by atoms with Gasteiger partial charge in [0.05, 0.1) is 4.90 Å². The van der Waals surface area contributed by atoms with Crippen molar-refractivity contribution in [2.75, 3.05) is 45.8 Å². The van der Waals surface area contributed by atoms with Gasteiger partial charge in [-0.25, -0.2) is 12.8 Å². The monoisotopic (exact) mass is 454 g/mol. The van der Waals surface area contributed by atoms with E-state index in [9.17, 15) is 17.6 Å². The molecule has 0 spiro atoms. The standard InChI is InChI=1S/C22H35FN4O3S/c1-18-5-3-6-19(2)27(18)16-15-26(12-9-22(28)25-13-10-24-11-14-25)31(29,30)21-8-4-7-20(23)17-21/h4,7-8,17-19,24H,3,5-6,9-16H2,1-2H3/t18-,19-/m1/s1. The molecule has 1 N–H and O–H groups in total. The van der Waals surface area contributed by atoms with E-state index in [4.69, 9.17) is 0 Å². The van der Waals surface area contributed by atoms with Crippen molar-refractivity contribution >= 4 is 15.9 Å². The number of sulfonamides is 1. The fraction of sp³-hybridized carbons (Fsp3) is 0.682. The minimum Gasteiger partial charge on any atom is -0.340 e. The number of benzene rings is 1. The molecule has 0 unspecified atom stereocenters. The molecule has 1 aromatic carbocycles. The molecular weight excluding hydrogens is 419 g/mol. The summed E-state index contributed by atoms with van der Waals surface area (Å²) in [4.78, 5) is 16.7. The number of piperidine rings is 1. The number of hydrogen-bond donors (Lipinski definition) is 1. The topological polar surface area (TPSA) is 73.0 Å². The number of amides is 1. The van der Waals surface area contributed by atoms with Gasteiger partial charge in [0.25, 0.3) is 0 Å². The summed E-state index contributed by atoms with van der Waals surface area (Å²) < 4.78 is 41.7. The third-order valence-corrected chi connectivity index (χ3v) is 8.36. The van der Waals surface area contributed by atoms with Crippen LogP contribution in [0, 0.1) is 5.82 Å². The highest BCUT2D eigenvalue weighted by Crippen LogP contribution is 2.23. The smallest absolute Gasteiger partial charge is 0.243 e. The zero-order valence-electron chi connectivity index (χ0n) is 18.6. The third kappa shape index (κ3) is 6.25. The molecule has 0 aliphatic carbocycles. The van der Waals surface area contributed by atoms with Gasteiger partial charge in [-0.2, -0.15) is 4.31 Å². The molecule has 0 aromatic heterocycles. The Labute approximate surface area is 185 Å². The van der Waals surface area contributed by atoms with Crippen LogP contribution in [0.15, 0.2) is 29.2 Å². The first-order valence-corrected chi connectivity index (χ1v) is 12.7. The first kappa shape index (κ1) is 24.1. The van der Waals surface area contributed by atoms with Crippen LogP contribution in [0.1, 0.15) is 39.5 Å². The summed E-state index contributed by atoms with van der Waals surface area (Å²) in [7, 11) is -3.90. The van der Waals surface area contributed by atoms with E-state index < -0.39 is 15.8 Å². The summed E-state index contributed by atoms with van der Waals surface area (Å²) in [5, 5.41) is 3.21. The van der Waals surface area contributed by atoms with Gasteiger partial charge in [-0.3, -0.25) is 9.69 Å². The Kier molecular flexibility index (Phi) is 8.43. The average molecular weight is 455 g/mol. The Balaban J connectivity index is 1.73. The Morgan fingerprint density at radius 3 is 2.48 bits per heavy atom. The first-order valence-electron chi connectivity index (χ1n) is 11.3. The van der Waals surface area contributed by atoms with Crippen LogP contribution in [0.5, 0.6) is 0 Å². The molecule has 0 radical (unpaired) electrons. The van der Waals surface area contributed by atoms with E-state index in [-0.39, 0.29) is 30.3 Å². The molecule has 0 bridgehead atoms. The Morgan fingerprint density at radius 1 is 1.16 bits per heavy atom. The molecule has 3 rings (SSSR count). The fourth-order valence-electron chi connectivity index (χ4n) is 4.56. The molecule has 2 aliphatic rings. The Bertz CT molecular complexity index is 835. The second kappa shape index (κ2) is 10.8. The third-order valence-electron chi connectivity index (χ3n) is 6.46. The lowest BCUT2D eigenvalue weighted by atomic mass is 9.98. The van der Waals surface area contributed by atoms with E-state index >= 15 is 0 Å². The highest BCUT2D eigenvalue weighted by atomic mass is 32.2. The maximum Gasteiger partial charge on any atom is 0.243 e. The molecule has 7 nitrogen and oxygen atoms in total. The van der Waals surface area contributed by atoms with Gasteiger partial charge in [-0.15, -0.1) is 0 Å². The molecule has 2 aliphatic heterocycles. The van der Waals surface area contributed by atoms with Crippen molar-refractivity contribution in [1.29, 1.82) is 0 Å². The predicted molar refractivity (Wildman–Crippen MR) is 119 cm³/mol. The van der Waals surface area contributed by atoms with Gasteiger partial charge in [-0.1, -0.05) is 12.5 Å². The minimum atomic E-state index is -3.90. The molecule has 1 aromatic rings. The van der Waals surface area contributed by atoms with Gasteiger partial charge in [0.2, 0.25) is 15.9 Å². The zero-order chi connectivity index (χ0) is 22.4. The number of halogens is 1. The summed E-state index contributed by atoms with van der Waals surface area (Å²) in [6.07, 6.45) is 3.51. The van der Waals surface area contributed by atoms with Gasteiger partial charge in [0, 0.05) is 64.3 Å². The van der Waals surface area contributed by atoms with Crippen molar-refractivity contribution in [3.05, 3.63) is 30.1 Å². The highest BCUT2D eigenvalue weighted by Gasteiger charge is 2.30. The van der Waals surface area contributed by atoms with Crippen LogP contribution >= 0.6 is 0 Å². The number of nitrogens with one attached hydrogen (secondary N) is 1. The van der Waals surface area contributed by atoms with Crippen molar-refractivity contribution in [1.82, 2.24) is 19.4 Å². The lowest BCUT2D eigenvalue weighted by Crippen LogP contribution is -2.49. The molecular formula is C22H35FN4O3S. The summed E-state index contributed by atoms with van der Waals surface area (Å²) in [6.45, 7) is 8.10. The van der Waals surface area contributed by atoms with E-state index in [1.54, 1.807) is 4.90 Å². The van der Waals surface area contributed by atoms with Crippen LogP contribution in [0.4, 0.5) is 4.39 Å². The van der Waals surface area contributed by atoms with E-state index in [1.807, 2.05) is 0 Å². The Hall–Kier alpha value is -1.55. The van der Waals surface area contributed by atoms with Crippen molar-refractivity contribution < 1.29 is 17.6 Å². The molecule has 174 valence electrons. The lowest BCUT2D eigenvalue weighted by Gasteiger charge is -2.40. The number of carbonyl (C=O) groups excluding carboxylic acids is 1. The van der Waals surface area contributed by atoms with E-state index in [0.717, 1.165) is 32.0 Å². The molecule has 2 fully saturated rings. The summed E-state index contributed by atoms with van der Waals surface area (Å²) in [5.74, 6) is -0.628. The predicted octanol–water partition coefficient (Wildman–Crippen LogP) is 1.90. The molecule has 2 atom stereocenters. The first-order chi connectivity index (χ1) is 14.8. The minimum absolute atomic E-state index is 0.0411. The second-order valence-electron chi connectivity index (χ2n) is 8.61. The van der Waals surface area contributed by atoms with Crippen LogP contribution in [-0.2, 0) is 14.8 Å². The summed E-state index contributed by atoms with van der Waals surface area (Å²) in [5.41, 5.74) is 0. The number of carbonyl (C=O) groups is 1. The molecule has 2 saturated heterocycles. The van der Waals surface area contributed by atoms with Crippen molar-refractivity contribution in [2.45, 2.75) is 56.5 Å². The van der Waals surface area contributed by atoms with Crippen molar-refractivity contribution in [3.8, 4) is 0 Å². The average Bonchev–Trinajstić information content (AvgIpc) is 2.75. The molecule has 0 saturated carbocycles. The Morgan fingerprint density at radius 2 is 1.84 bits per heavy atom. The molecule has 2 heterocycles. The number of nitrogens with zero attached hydrogens (tertiary/aromatic N) is 3. The summed E-state index contributed by atoms with van der Waals surface area (Å²) >= 11 is 0. The van der Waals surface area contributed by atoms with Crippen molar-refractivity contribution in [3.63, 3.8) is 0 Å². The van der Waals surface area contributed by atoms with Gasteiger partial charge in [-0.05, 0) is 44.9 Å². The normalized spacial score (nSPS) is 23.3. The van der Waals surface area contributed by atoms with Gasteiger partial charge in [0.15, 0.2) is 0 Å². The van der Waals surface area contributed by atoms with E-state index in [2.05, 4.69) is 24.1 Å². The summed E-state index contributed by atoms with van der Waals surface area (Å²) in [6, 6.07) is 5.88. The van der Waals surface area contributed by atoms with Crippen LogP contribution in [0.2, 0.25) is 0 Å². The van der Waals surface area contributed by atoms with E-state index in [0.29, 0.717) is 31.7 Å². The molecule has 1 amide bonds. The number of likely N-dealkylation sites (tertiary alicyclic amines) is 1. The zero-order valence-corrected chi connectivity index (χ0v) is 19.4. The van der Waals surface area contributed by atoms with Crippen LogP contribution < -0.4 is 5.32 Å². The second-order valence-corrected chi connectivity index (χ2v) is 10.5. The van der Waals surface area contributed by atoms with Crippen LogP contribution in [0.25, 0.3) is 0 Å². The lowest BCUT2D eigenvalue weighted by molar-refractivity contribution is -0.131. The van der Waals surface area contributed by atoms with Gasteiger partial charge < -0.3 is 10.2 Å². The van der Waals surface area contributed by atoms with Crippen molar-refractivity contribution in [2.24, 2.45) is 0 Å². The van der Waals surface area contributed by atoms with E-state index in [1.165, 1.54) is 28.9 Å². The molecule has 31 heavy (non-hydrogen) atoms. The van der Waals surface area contributed by atoms with Gasteiger partial charge in [0.1, 0.15) is 5.82 Å². The number of hydrogen-bond acceptors (Lipinski definition) is 5. The van der Waals surface area contributed by atoms with Crippen LogP contribution in [0.3, 0.4) is 0 Å². The number of piperazine rings is 1. The fourth-order valence-corrected chi connectivity index (χ4v) is 6.03. The largest absolute Gasteiger partial charge is 0.340 e. The SMILES string of the molecule is C[C@@H]1CCC[C@@H](C)N1CCN(CCC(=O)N1CCNCC1)S(=O)(=O)c1cccc(F)c1. The van der Waals surface area contributed by atoms with Crippen LogP contribution in [-0.4, -0.2) is 86.3 Å². The quantitative estimate of drug-likeness (QED) is 0.650. The maximum absolute atomic E-state index is 13.7. The molecule has 9 heteroatoms. The highest BCUT2D eigenvalue weighted by molar-refractivity contribution is 7.89. The maximum atomic E-state index is 13.7.